The van der Waals surface area contributed by atoms with Crippen molar-refractivity contribution in [1.82, 2.24) is 4.72 Å². The molecule has 0 saturated heterocycles. The Labute approximate surface area is 114 Å². The van der Waals surface area contributed by atoms with Crippen molar-refractivity contribution in [2.45, 2.75) is 44.0 Å². The highest BCUT2D eigenvalue weighted by Gasteiger charge is 2.27. The molecule has 0 aliphatic heterocycles. The molecule has 1 aliphatic rings. The average Bonchev–Trinajstić information content (AvgIpc) is 2.74. The fourth-order valence-corrected chi connectivity index (χ4v) is 4.11. The van der Waals surface area contributed by atoms with Crippen molar-refractivity contribution in [3.8, 4) is 6.07 Å². The number of hydrogen-bond donors (Lipinski definition) is 1. The average molecular weight is 278 g/mol. The van der Waals surface area contributed by atoms with E-state index >= 15 is 0 Å². The number of hydrogen-bond acceptors (Lipinski definition) is 3. The van der Waals surface area contributed by atoms with Crippen LogP contribution in [0.3, 0.4) is 0 Å². The summed E-state index contributed by atoms with van der Waals surface area (Å²) in [5, 5.41) is 8.87. The molecule has 0 bridgehead atoms. The predicted octanol–water partition coefficient (Wildman–Crippen LogP) is 2.33. The highest BCUT2D eigenvalue weighted by molar-refractivity contribution is 7.89. The number of nitrogens with zero attached hydrogens (tertiary/aromatic N) is 1. The van der Waals surface area contributed by atoms with Crippen LogP contribution in [0.4, 0.5) is 0 Å². The van der Waals surface area contributed by atoms with Crippen LogP contribution < -0.4 is 4.72 Å². The zero-order valence-electron chi connectivity index (χ0n) is 11.2. The van der Waals surface area contributed by atoms with Gasteiger partial charge in [0.05, 0.1) is 16.5 Å². The van der Waals surface area contributed by atoms with Gasteiger partial charge in [0.2, 0.25) is 10.0 Å². The summed E-state index contributed by atoms with van der Waals surface area (Å²) in [6, 6.07) is 6.74. The first-order valence-corrected chi connectivity index (χ1v) is 7.94. The molecule has 2 atom stereocenters. The summed E-state index contributed by atoms with van der Waals surface area (Å²) >= 11 is 0. The number of nitrogens with one attached hydrogen (secondary N) is 1. The highest BCUT2D eigenvalue weighted by Crippen LogP contribution is 2.26. The number of aryl methyl sites for hydroxylation is 1. The van der Waals surface area contributed by atoms with Gasteiger partial charge in [-0.15, -0.1) is 0 Å². The number of sulfonamides is 1. The molecule has 1 aromatic carbocycles. The van der Waals surface area contributed by atoms with Crippen LogP contribution in [0.15, 0.2) is 23.1 Å². The Balaban J connectivity index is 2.27. The molecule has 4 nitrogen and oxygen atoms in total. The van der Waals surface area contributed by atoms with Gasteiger partial charge in [0, 0.05) is 6.04 Å². The Morgan fingerprint density at radius 1 is 1.37 bits per heavy atom. The Morgan fingerprint density at radius 2 is 2.11 bits per heavy atom. The molecule has 102 valence electrons. The van der Waals surface area contributed by atoms with E-state index in [2.05, 4.69) is 11.6 Å². The lowest BCUT2D eigenvalue weighted by Crippen LogP contribution is -2.33. The molecule has 5 heteroatoms. The topological polar surface area (TPSA) is 70.0 Å². The Morgan fingerprint density at radius 3 is 2.68 bits per heavy atom. The monoisotopic (exact) mass is 278 g/mol. The summed E-state index contributed by atoms with van der Waals surface area (Å²) in [5.41, 5.74) is 1.03. The summed E-state index contributed by atoms with van der Waals surface area (Å²) in [4.78, 5) is 0.214. The third-order valence-electron chi connectivity index (χ3n) is 3.62. The van der Waals surface area contributed by atoms with Gasteiger partial charge in [-0.3, -0.25) is 0 Å². The van der Waals surface area contributed by atoms with Crippen molar-refractivity contribution in [2.75, 3.05) is 0 Å². The summed E-state index contributed by atoms with van der Waals surface area (Å²) in [6.07, 6.45) is 2.83. The molecule has 0 aromatic heterocycles. The number of nitriles is 1. The molecular weight excluding hydrogens is 260 g/mol. The van der Waals surface area contributed by atoms with Crippen LogP contribution >= 0.6 is 0 Å². The summed E-state index contributed by atoms with van der Waals surface area (Å²) in [5.74, 6) is 0.569. The number of rotatable bonds is 3. The van der Waals surface area contributed by atoms with E-state index in [0.717, 1.165) is 19.3 Å². The fraction of sp³-hybridized carbons (Fsp3) is 0.500. The molecule has 0 radical (unpaired) electrons. The van der Waals surface area contributed by atoms with E-state index in [9.17, 15) is 8.42 Å². The van der Waals surface area contributed by atoms with E-state index in [1.165, 1.54) is 6.07 Å². The van der Waals surface area contributed by atoms with Crippen molar-refractivity contribution in [1.29, 1.82) is 5.26 Å². The van der Waals surface area contributed by atoms with Gasteiger partial charge in [0.1, 0.15) is 0 Å². The van der Waals surface area contributed by atoms with Crippen LogP contribution in [0.1, 0.15) is 37.3 Å². The molecule has 19 heavy (non-hydrogen) atoms. The van der Waals surface area contributed by atoms with Crippen LogP contribution in [0.25, 0.3) is 0 Å². The van der Waals surface area contributed by atoms with E-state index < -0.39 is 10.0 Å². The fourth-order valence-electron chi connectivity index (χ4n) is 2.56. The van der Waals surface area contributed by atoms with Gasteiger partial charge in [-0.25, -0.2) is 13.1 Å². The smallest absolute Gasteiger partial charge is 0.208 e. The first-order valence-electron chi connectivity index (χ1n) is 6.45. The maximum absolute atomic E-state index is 12.4. The molecule has 2 unspecified atom stereocenters. The van der Waals surface area contributed by atoms with Gasteiger partial charge in [0.15, 0.2) is 0 Å². The minimum atomic E-state index is -3.53. The molecule has 1 aliphatic carbocycles. The van der Waals surface area contributed by atoms with Crippen LogP contribution in [0.2, 0.25) is 0 Å². The predicted molar refractivity (Wildman–Crippen MR) is 73.0 cm³/mol. The molecule has 1 saturated carbocycles. The first kappa shape index (κ1) is 14.0. The van der Waals surface area contributed by atoms with Crippen LogP contribution in [0.5, 0.6) is 0 Å². The molecule has 0 amide bonds. The summed E-state index contributed by atoms with van der Waals surface area (Å²) in [6.45, 7) is 3.88. The van der Waals surface area contributed by atoms with Crippen LogP contribution in [0, 0.1) is 24.2 Å². The zero-order valence-corrected chi connectivity index (χ0v) is 12.0. The van der Waals surface area contributed by atoms with Gasteiger partial charge >= 0.3 is 0 Å². The third-order valence-corrected chi connectivity index (χ3v) is 5.29. The third kappa shape index (κ3) is 3.14. The summed E-state index contributed by atoms with van der Waals surface area (Å²) < 4.78 is 27.5. The van der Waals surface area contributed by atoms with Crippen molar-refractivity contribution < 1.29 is 8.42 Å². The molecule has 1 N–H and O–H groups in total. The second kappa shape index (κ2) is 5.32. The highest BCUT2D eigenvalue weighted by atomic mass is 32.2. The quantitative estimate of drug-likeness (QED) is 0.922. The van der Waals surface area contributed by atoms with Crippen LogP contribution in [-0.2, 0) is 10.0 Å². The van der Waals surface area contributed by atoms with E-state index in [-0.39, 0.29) is 10.9 Å². The van der Waals surface area contributed by atoms with Gasteiger partial charge < -0.3 is 0 Å². The molecular formula is C14H18N2O2S. The second-order valence-electron chi connectivity index (χ2n) is 5.33. The molecule has 0 heterocycles. The van der Waals surface area contributed by atoms with Crippen LogP contribution in [-0.4, -0.2) is 14.5 Å². The lowest BCUT2D eigenvalue weighted by molar-refractivity contribution is 0.538. The minimum Gasteiger partial charge on any atom is -0.208 e. The normalized spacial score (nSPS) is 23.2. The molecule has 0 spiro atoms. The SMILES string of the molecule is Cc1ccc(C#N)cc1S(=O)(=O)NC1CCC(C)C1. The van der Waals surface area contributed by atoms with E-state index in [0.29, 0.717) is 17.0 Å². The standard InChI is InChI=1S/C14H18N2O2S/c1-10-3-6-13(7-10)16-19(17,18)14-8-12(9-15)5-4-11(14)2/h4-5,8,10,13,16H,3,6-7H2,1-2H3. The lowest BCUT2D eigenvalue weighted by atomic mass is 10.1. The minimum absolute atomic E-state index is 0.0186. The number of benzene rings is 1. The van der Waals surface area contributed by atoms with E-state index in [1.54, 1.807) is 19.1 Å². The molecule has 2 rings (SSSR count). The van der Waals surface area contributed by atoms with Crippen molar-refractivity contribution >= 4 is 10.0 Å². The maximum atomic E-state index is 12.4. The largest absolute Gasteiger partial charge is 0.241 e. The second-order valence-corrected chi connectivity index (χ2v) is 7.01. The Bertz CT molecular complexity index is 617. The van der Waals surface area contributed by atoms with Crippen molar-refractivity contribution in [2.24, 2.45) is 5.92 Å². The lowest BCUT2D eigenvalue weighted by Gasteiger charge is -2.14. The van der Waals surface area contributed by atoms with Gasteiger partial charge in [0.25, 0.3) is 0 Å². The molecule has 1 fully saturated rings. The van der Waals surface area contributed by atoms with Crippen molar-refractivity contribution in [3.63, 3.8) is 0 Å². The maximum Gasteiger partial charge on any atom is 0.241 e. The Hall–Kier alpha value is -1.38. The Kier molecular flexibility index (Phi) is 3.93. The van der Waals surface area contributed by atoms with Gasteiger partial charge in [-0.05, 0) is 49.8 Å². The summed E-state index contributed by atoms with van der Waals surface area (Å²) in [7, 11) is -3.53. The molecule has 1 aromatic rings. The van der Waals surface area contributed by atoms with E-state index in [1.807, 2.05) is 6.07 Å². The van der Waals surface area contributed by atoms with Crippen molar-refractivity contribution in [3.05, 3.63) is 29.3 Å². The zero-order chi connectivity index (χ0) is 14.0. The van der Waals surface area contributed by atoms with Gasteiger partial charge in [-0.1, -0.05) is 13.0 Å². The van der Waals surface area contributed by atoms with Gasteiger partial charge in [-0.2, -0.15) is 5.26 Å². The van der Waals surface area contributed by atoms with E-state index in [4.69, 9.17) is 5.26 Å². The first-order chi connectivity index (χ1) is 8.92.